The zero-order valence-electron chi connectivity index (χ0n) is 17.5. The molecule has 0 heterocycles. The molecule has 118 valence electrons. The van der Waals surface area contributed by atoms with E-state index in [1.807, 2.05) is 0 Å². The number of esters is 1. The van der Waals surface area contributed by atoms with Crippen LogP contribution in [0.15, 0.2) is 0 Å². The number of Topliss-reactive ketones (excluding diaryl/α,β-unsaturated/α-hetero) is 1. The van der Waals surface area contributed by atoms with Gasteiger partial charge in [0.2, 0.25) is 11.7 Å². The van der Waals surface area contributed by atoms with Crippen LogP contribution in [-0.4, -0.2) is 54.0 Å². The number of rotatable bonds is 10. The molecule has 8 nitrogen and oxygen atoms in total. The van der Waals surface area contributed by atoms with Gasteiger partial charge in [0.1, 0.15) is 12.6 Å². The Hall–Kier alpha value is -2.05. The van der Waals surface area contributed by atoms with Gasteiger partial charge in [-0.25, -0.2) is 4.79 Å². The molecule has 0 radical (unpaired) electrons. The maximum atomic E-state index is 12.3. The second-order valence-electron chi connectivity index (χ2n) is 3.82. The van der Waals surface area contributed by atoms with Gasteiger partial charge in [-0.2, -0.15) is 4.79 Å². The number of carbonyl (C=O) groups is 3. The van der Waals surface area contributed by atoms with Crippen molar-refractivity contribution in [2.75, 3.05) is 13.2 Å². The van der Waals surface area contributed by atoms with E-state index in [2.05, 4.69) is 14.8 Å². The van der Waals surface area contributed by atoms with Crippen LogP contribution in [0.3, 0.4) is 0 Å². The monoisotopic (exact) mass is 305 g/mol. The van der Waals surface area contributed by atoms with Crippen molar-refractivity contribution in [3.8, 4) is 0 Å². The first kappa shape index (κ1) is 10.6. The minimum atomic E-state index is -3.12. The number of nitrogens with zero attached hydrogens (tertiary/aromatic N) is 2. The molecular weight excluding hydrogens is 278 g/mol. The van der Waals surface area contributed by atoms with Gasteiger partial charge in [0, 0.05) is 21.3 Å². The van der Waals surface area contributed by atoms with E-state index < -0.39 is 50.1 Å². The summed E-state index contributed by atoms with van der Waals surface area (Å²) in [6.45, 7) is -4.81. The zero-order valence-corrected chi connectivity index (χ0v) is 11.5. The summed E-state index contributed by atoms with van der Waals surface area (Å²) in [5.74, 6) is -2.76. The fourth-order valence-corrected chi connectivity index (χ4v) is 1.29. The van der Waals surface area contributed by atoms with Gasteiger partial charge in [-0.15, -0.1) is 0 Å². The number of hydrogen-bond acceptors (Lipinski definition) is 5. The first-order valence-electron chi connectivity index (χ1n) is 9.10. The Bertz CT molecular complexity index is 572. The topological polar surface area (TPSA) is 118 Å². The highest BCUT2D eigenvalue weighted by Gasteiger charge is 2.24. The molecule has 0 spiro atoms. The van der Waals surface area contributed by atoms with Gasteiger partial charge in [-0.05, 0) is 27.0 Å². The summed E-state index contributed by atoms with van der Waals surface area (Å²) in [5.41, 5.74) is 8.30. The molecule has 21 heavy (non-hydrogen) atoms. The van der Waals surface area contributed by atoms with Gasteiger partial charge in [0.15, 0.2) is 0 Å². The quantitative estimate of drug-likeness (QED) is 0.266. The summed E-state index contributed by atoms with van der Waals surface area (Å²) >= 11 is 0. The van der Waals surface area contributed by atoms with E-state index in [1.165, 1.54) is 0 Å². The molecule has 0 unspecified atom stereocenters. The molecule has 0 bridgehead atoms. The van der Waals surface area contributed by atoms with Crippen LogP contribution in [0.2, 0.25) is 0 Å². The van der Waals surface area contributed by atoms with Gasteiger partial charge in [0.05, 0.1) is 6.10 Å². The highest BCUT2D eigenvalue weighted by molar-refractivity contribution is 6.25. The molecule has 0 saturated carbocycles. The molecule has 0 fully saturated rings. The van der Waals surface area contributed by atoms with Gasteiger partial charge in [0.25, 0.3) is 0 Å². The lowest BCUT2D eigenvalue weighted by Crippen LogP contribution is -2.44. The fraction of sp³-hybridized carbons (Fsp3) is 0.692. The molecule has 0 aliphatic rings. The maximum absolute atomic E-state index is 12.3. The lowest BCUT2D eigenvalue weighted by molar-refractivity contribution is -0.152. The van der Waals surface area contributed by atoms with Crippen molar-refractivity contribution < 1.29 is 36.9 Å². The number of ketones is 1. The molecule has 0 saturated heterocycles. The predicted molar refractivity (Wildman–Crippen MR) is 73.6 cm³/mol. The van der Waals surface area contributed by atoms with Crippen molar-refractivity contribution in [2.24, 2.45) is 0 Å². The van der Waals surface area contributed by atoms with E-state index in [0.717, 1.165) is 0 Å². The minimum absolute atomic E-state index is 0.216. The zero-order chi connectivity index (χ0) is 21.3. The smallest absolute Gasteiger partial charge is 0.328 e. The third-order valence-electron chi connectivity index (χ3n) is 2.17. The molecule has 0 aliphatic heterocycles. The second kappa shape index (κ2) is 10.7. The number of nitrogens with one attached hydrogen (secondary N) is 1. The SMILES string of the molecule is [2H]C([2H])([2H])C(OC(=O)[C@H](CCC(=O)C=[N+]=[N-])NC(=O)COCC)C([2H])([2H])[2H]. The van der Waals surface area contributed by atoms with Crippen molar-refractivity contribution in [1.29, 1.82) is 0 Å². The maximum Gasteiger partial charge on any atom is 0.328 e. The average Bonchev–Trinajstić information content (AvgIpc) is 2.52. The van der Waals surface area contributed by atoms with E-state index in [4.69, 9.17) is 18.5 Å². The second-order valence-corrected chi connectivity index (χ2v) is 3.82. The van der Waals surface area contributed by atoms with Gasteiger partial charge < -0.3 is 20.3 Å². The van der Waals surface area contributed by atoms with Crippen molar-refractivity contribution >= 4 is 23.9 Å². The molecule has 1 amide bonds. The molecule has 0 aromatic carbocycles. The fourth-order valence-electron chi connectivity index (χ4n) is 1.29. The van der Waals surface area contributed by atoms with Crippen LogP contribution < -0.4 is 5.32 Å². The number of ether oxygens (including phenoxy) is 2. The highest BCUT2D eigenvalue weighted by Crippen LogP contribution is 2.03. The largest absolute Gasteiger partial charge is 0.461 e. The van der Waals surface area contributed by atoms with E-state index in [9.17, 15) is 14.4 Å². The summed E-state index contributed by atoms with van der Waals surface area (Å²) in [5, 5.41) is 2.19. The molecule has 1 N–H and O–H groups in total. The lowest BCUT2D eigenvalue weighted by Gasteiger charge is -2.18. The van der Waals surface area contributed by atoms with E-state index in [-0.39, 0.29) is 19.4 Å². The first-order chi connectivity index (χ1) is 12.3. The Kier molecular flexibility index (Phi) is 5.43. The molecular formula is C13H21N3O5. The summed E-state index contributed by atoms with van der Waals surface area (Å²) in [7, 11) is 0. The molecule has 0 aromatic rings. The van der Waals surface area contributed by atoms with Crippen LogP contribution >= 0.6 is 0 Å². The third-order valence-corrected chi connectivity index (χ3v) is 2.17. The molecule has 0 aromatic heterocycles. The molecule has 0 aliphatic carbocycles. The van der Waals surface area contributed by atoms with Gasteiger partial charge >= 0.3 is 12.2 Å². The van der Waals surface area contributed by atoms with Gasteiger partial charge in [-0.1, -0.05) is 0 Å². The van der Waals surface area contributed by atoms with Crippen LogP contribution in [0.25, 0.3) is 5.53 Å². The Labute approximate surface area is 131 Å². The summed E-state index contributed by atoms with van der Waals surface area (Å²) in [6, 6.07) is -1.50. The van der Waals surface area contributed by atoms with Crippen molar-refractivity contribution in [2.45, 2.75) is 45.6 Å². The Morgan fingerprint density at radius 3 is 2.71 bits per heavy atom. The number of hydrogen-bond donors (Lipinski definition) is 1. The summed E-state index contributed by atoms with van der Waals surface area (Å²) < 4.78 is 52.8. The van der Waals surface area contributed by atoms with Crippen LogP contribution in [0.5, 0.6) is 0 Å². The van der Waals surface area contributed by atoms with Crippen molar-refractivity contribution in [1.82, 2.24) is 5.32 Å². The van der Waals surface area contributed by atoms with Crippen LogP contribution in [-0.2, 0) is 23.9 Å². The van der Waals surface area contributed by atoms with Crippen LogP contribution in [0.1, 0.15) is 41.7 Å². The van der Waals surface area contributed by atoms with E-state index in [0.29, 0.717) is 6.21 Å². The number of amides is 1. The molecule has 1 atom stereocenters. The van der Waals surface area contributed by atoms with Crippen LogP contribution in [0, 0.1) is 0 Å². The predicted octanol–water partition coefficient (Wildman–Crippen LogP) is 0.109. The third kappa shape index (κ3) is 9.48. The summed E-state index contributed by atoms with van der Waals surface area (Å²) in [6.07, 6.45) is -2.52. The Balaban J connectivity index is 5.30. The lowest BCUT2D eigenvalue weighted by atomic mass is 10.1. The Morgan fingerprint density at radius 1 is 1.43 bits per heavy atom. The number of carbonyl (C=O) groups excluding carboxylic acids is 3. The summed E-state index contributed by atoms with van der Waals surface area (Å²) in [4.78, 5) is 37.9. The molecule has 0 rings (SSSR count). The Morgan fingerprint density at radius 2 is 2.14 bits per heavy atom. The normalized spacial score (nSPS) is 16.9. The average molecular weight is 305 g/mol. The minimum Gasteiger partial charge on any atom is -0.461 e. The molecule has 8 heteroatoms. The van der Waals surface area contributed by atoms with Crippen molar-refractivity contribution in [3.05, 3.63) is 5.53 Å². The van der Waals surface area contributed by atoms with Gasteiger partial charge in [-0.3, -0.25) is 9.59 Å². The van der Waals surface area contributed by atoms with Crippen molar-refractivity contribution in [3.63, 3.8) is 0 Å². The first-order valence-corrected chi connectivity index (χ1v) is 6.10. The van der Waals surface area contributed by atoms with E-state index in [1.54, 1.807) is 6.92 Å². The van der Waals surface area contributed by atoms with E-state index >= 15 is 0 Å². The van der Waals surface area contributed by atoms with Crippen LogP contribution in [0.4, 0.5) is 0 Å². The standard InChI is InChI=1S/C13H21N3O5/c1-4-20-8-12(18)16-11(13(19)21-9(2)3)6-5-10(17)7-15-14/h7,9,11H,4-6,8H2,1-3H3,(H,16,18)/t11-/m0/s1/i2D3,3D3. The highest BCUT2D eigenvalue weighted by atomic mass is 16.5.